The molecule has 0 aliphatic heterocycles. The first-order valence-electron chi connectivity index (χ1n) is 4.83. The van der Waals surface area contributed by atoms with Crippen molar-refractivity contribution >= 4 is 11.3 Å². The number of aryl methyl sites for hydroxylation is 1. The van der Waals surface area contributed by atoms with Gasteiger partial charge in [-0.2, -0.15) is 13.2 Å². The van der Waals surface area contributed by atoms with E-state index >= 15 is 0 Å². The summed E-state index contributed by atoms with van der Waals surface area (Å²) in [5.74, 6) is 0. The van der Waals surface area contributed by atoms with Crippen LogP contribution in [-0.2, 0) is 4.74 Å². The first kappa shape index (κ1) is 13.5. The van der Waals surface area contributed by atoms with E-state index in [1.165, 1.54) is 11.3 Å². The van der Waals surface area contributed by atoms with Crippen LogP contribution in [0.25, 0.3) is 0 Å². The van der Waals surface area contributed by atoms with Gasteiger partial charge in [-0.1, -0.05) is 0 Å². The first-order valence-corrected chi connectivity index (χ1v) is 5.64. The van der Waals surface area contributed by atoms with Crippen molar-refractivity contribution in [3.05, 3.63) is 21.9 Å². The van der Waals surface area contributed by atoms with Gasteiger partial charge in [0.05, 0.1) is 0 Å². The summed E-state index contributed by atoms with van der Waals surface area (Å²) >= 11 is 1.40. The Kier molecular flexibility index (Phi) is 4.35. The van der Waals surface area contributed by atoms with Gasteiger partial charge >= 0.3 is 6.18 Å². The fourth-order valence-electron chi connectivity index (χ4n) is 1.19. The van der Waals surface area contributed by atoms with E-state index in [0.29, 0.717) is 0 Å². The highest BCUT2D eigenvalue weighted by Crippen LogP contribution is 2.30. The molecule has 1 aromatic heterocycles. The van der Waals surface area contributed by atoms with Gasteiger partial charge in [-0.25, -0.2) is 0 Å². The zero-order valence-electron chi connectivity index (χ0n) is 9.04. The fraction of sp³-hybridized carbons (Fsp3) is 0.600. The van der Waals surface area contributed by atoms with Crippen molar-refractivity contribution < 1.29 is 17.9 Å². The molecule has 1 aromatic rings. The molecule has 0 saturated heterocycles. The number of ether oxygens (including phenoxy) is 1. The highest BCUT2D eigenvalue weighted by Gasteiger charge is 2.38. The molecule has 0 aromatic carbocycles. The lowest BCUT2D eigenvalue weighted by molar-refractivity contribution is -0.226. The molecule has 0 saturated carbocycles. The van der Waals surface area contributed by atoms with Gasteiger partial charge in [0, 0.05) is 16.3 Å². The van der Waals surface area contributed by atoms with Crippen LogP contribution in [0.3, 0.4) is 0 Å². The van der Waals surface area contributed by atoms with Crippen LogP contribution in [0.2, 0.25) is 0 Å². The predicted molar refractivity (Wildman–Crippen MR) is 57.5 cm³/mol. The Balaban J connectivity index is 2.70. The second-order valence-electron chi connectivity index (χ2n) is 3.49. The molecule has 92 valence electrons. The second kappa shape index (κ2) is 5.16. The van der Waals surface area contributed by atoms with Crippen LogP contribution >= 0.6 is 11.3 Å². The number of nitrogens with two attached hydrogens (primary N) is 1. The molecule has 0 amide bonds. The average Bonchev–Trinajstić information content (AvgIpc) is 2.59. The molecule has 0 spiro atoms. The molecule has 0 fully saturated rings. The Morgan fingerprint density at radius 1 is 1.44 bits per heavy atom. The third-order valence-corrected chi connectivity index (χ3v) is 3.21. The van der Waals surface area contributed by atoms with Gasteiger partial charge < -0.3 is 10.5 Å². The van der Waals surface area contributed by atoms with E-state index in [-0.39, 0.29) is 6.54 Å². The number of halogens is 3. The molecule has 0 radical (unpaired) electrons. The summed E-state index contributed by atoms with van der Waals surface area (Å²) < 4.78 is 41.8. The third-order valence-electron chi connectivity index (χ3n) is 2.12. The van der Waals surface area contributed by atoms with Crippen molar-refractivity contribution in [3.63, 3.8) is 0 Å². The molecule has 0 bridgehead atoms. The van der Waals surface area contributed by atoms with Crippen molar-refractivity contribution in [2.75, 3.05) is 6.54 Å². The quantitative estimate of drug-likeness (QED) is 0.895. The molecular formula is C10H14F3NOS. The molecule has 0 aliphatic rings. The summed E-state index contributed by atoms with van der Waals surface area (Å²) in [7, 11) is 0. The Hall–Kier alpha value is -0.590. The minimum atomic E-state index is -4.35. The Labute approximate surface area is 96.2 Å². The van der Waals surface area contributed by atoms with Crippen LogP contribution in [0.4, 0.5) is 13.2 Å². The van der Waals surface area contributed by atoms with E-state index in [9.17, 15) is 13.2 Å². The van der Waals surface area contributed by atoms with Gasteiger partial charge in [-0.3, -0.25) is 0 Å². The first-order chi connectivity index (χ1) is 7.34. The number of rotatable bonds is 4. The monoisotopic (exact) mass is 253 g/mol. The average molecular weight is 253 g/mol. The second-order valence-corrected chi connectivity index (χ2v) is 4.81. The topological polar surface area (TPSA) is 35.2 Å². The van der Waals surface area contributed by atoms with Crippen LogP contribution in [0.1, 0.15) is 22.8 Å². The van der Waals surface area contributed by atoms with Gasteiger partial charge in [-0.05, 0) is 26.0 Å². The van der Waals surface area contributed by atoms with Crippen LogP contribution in [0.5, 0.6) is 0 Å². The Morgan fingerprint density at radius 3 is 2.44 bits per heavy atom. The molecule has 1 heterocycles. The number of thiophene rings is 1. The minimum absolute atomic E-state index is 0.0420. The Morgan fingerprint density at radius 2 is 2.06 bits per heavy atom. The van der Waals surface area contributed by atoms with Gasteiger partial charge in [0.15, 0.2) is 6.10 Å². The maximum absolute atomic E-state index is 12.3. The van der Waals surface area contributed by atoms with Crippen molar-refractivity contribution in [3.8, 4) is 0 Å². The molecule has 0 aliphatic carbocycles. The molecule has 1 rings (SSSR count). The molecular weight excluding hydrogens is 239 g/mol. The summed E-state index contributed by atoms with van der Waals surface area (Å²) in [6.07, 6.45) is -6.83. The number of alkyl halides is 3. The van der Waals surface area contributed by atoms with E-state index in [0.717, 1.165) is 16.7 Å². The maximum atomic E-state index is 12.3. The van der Waals surface area contributed by atoms with Crippen LogP contribution in [0.15, 0.2) is 12.1 Å². The van der Waals surface area contributed by atoms with Gasteiger partial charge in [-0.15, -0.1) is 11.3 Å². The van der Waals surface area contributed by atoms with Crippen molar-refractivity contribution in [1.82, 2.24) is 0 Å². The Bertz CT molecular complexity index is 337. The van der Waals surface area contributed by atoms with E-state index in [2.05, 4.69) is 0 Å². The highest BCUT2D eigenvalue weighted by atomic mass is 32.1. The summed E-state index contributed by atoms with van der Waals surface area (Å²) in [5.41, 5.74) is 5.42. The maximum Gasteiger partial charge on any atom is 0.414 e. The van der Waals surface area contributed by atoms with E-state index in [1.807, 2.05) is 13.0 Å². The zero-order valence-corrected chi connectivity index (χ0v) is 9.86. The lowest BCUT2D eigenvalue weighted by Gasteiger charge is -2.22. The normalized spacial score (nSPS) is 16.1. The zero-order chi connectivity index (χ0) is 12.3. The molecule has 2 nitrogen and oxygen atoms in total. The number of hydrogen-bond donors (Lipinski definition) is 1. The summed E-state index contributed by atoms with van der Waals surface area (Å²) in [6.45, 7) is 2.92. The van der Waals surface area contributed by atoms with Crippen LogP contribution in [-0.4, -0.2) is 18.8 Å². The summed E-state index contributed by atoms with van der Waals surface area (Å²) in [6, 6.07) is 3.59. The fourth-order valence-corrected chi connectivity index (χ4v) is 2.12. The highest BCUT2D eigenvalue weighted by molar-refractivity contribution is 7.12. The summed E-state index contributed by atoms with van der Waals surface area (Å²) in [4.78, 5) is 1.76. The van der Waals surface area contributed by atoms with E-state index in [1.54, 1.807) is 6.07 Å². The molecule has 6 heteroatoms. The molecule has 16 heavy (non-hydrogen) atoms. The van der Waals surface area contributed by atoms with E-state index in [4.69, 9.17) is 10.5 Å². The molecule has 2 atom stereocenters. The lowest BCUT2D eigenvalue weighted by atomic mass is 10.2. The smallest absolute Gasteiger partial charge is 0.359 e. The van der Waals surface area contributed by atoms with Crippen LogP contribution < -0.4 is 5.73 Å². The molecule has 2 unspecified atom stereocenters. The minimum Gasteiger partial charge on any atom is -0.359 e. The summed E-state index contributed by atoms with van der Waals surface area (Å²) in [5, 5.41) is 0. The lowest BCUT2D eigenvalue weighted by Crippen LogP contribution is -2.31. The van der Waals surface area contributed by atoms with Crippen LogP contribution in [0, 0.1) is 6.92 Å². The van der Waals surface area contributed by atoms with Gasteiger partial charge in [0.1, 0.15) is 6.10 Å². The SMILES string of the molecule is Cc1ccc(C(CN)OC(C)C(F)(F)F)s1. The van der Waals surface area contributed by atoms with E-state index < -0.39 is 18.4 Å². The van der Waals surface area contributed by atoms with Crippen molar-refractivity contribution in [2.24, 2.45) is 5.73 Å². The van der Waals surface area contributed by atoms with Crippen molar-refractivity contribution in [2.45, 2.75) is 32.2 Å². The largest absolute Gasteiger partial charge is 0.414 e. The van der Waals surface area contributed by atoms with Gasteiger partial charge in [0.25, 0.3) is 0 Å². The third kappa shape index (κ3) is 3.47. The predicted octanol–water partition coefficient (Wildman–Crippen LogP) is 3.02. The number of hydrogen-bond acceptors (Lipinski definition) is 3. The van der Waals surface area contributed by atoms with Gasteiger partial charge in [0.2, 0.25) is 0 Å². The molecule has 2 N–H and O–H groups in total. The standard InChI is InChI=1S/C10H14F3NOS/c1-6-3-4-9(16-6)8(5-14)15-7(2)10(11,12)13/h3-4,7-8H,5,14H2,1-2H3. The van der Waals surface area contributed by atoms with Crippen molar-refractivity contribution in [1.29, 1.82) is 0 Å².